The van der Waals surface area contributed by atoms with Gasteiger partial charge in [0.25, 0.3) is 5.56 Å². The monoisotopic (exact) mass is 270 g/mol. The standard InChI is InChI=1S/C13H19ClN2O2/c1-3-5-13(6-7-13)8-16-11(17)9(4-2)10(14)15-12(16)18/h3-8H2,1-2H3,(H,15,18). The molecular weight excluding hydrogens is 252 g/mol. The van der Waals surface area contributed by atoms with Crippen molar-refractivity contribution in [1.82, 2.24) is 9.55 Å². The minimum absolute atomic E-state index is 0.171. The summed E-state index contributed by atoms with van der Waals surface area (Å²) in [7, 11) is 0. The van der Waals surface area contributed by atoms with Crippen molar-refractivity contribution in [3.8, 4) is 0 Å². The van der Waals surface area contributed by atoms with E-state index in [1.54, 1.807) is 0 Å². The Balaban J connectivity index is 2.40. The van der Waals surface area contributed by atoms with Crippen molar-refractivity contribution in [2.75, 3.05) is 0 Å². The zero-order valence-electron chi connectivity index (χ0n) is 10.9. The van der Waals surface area contributed by atoms with Crippen LogP contribution >= 0.6 is 11.6 Å². The van der Waals surface area contributed by atoms with E-state index in [-0.39, 0.29) is 21.8 Å². The van der Waals surface area contributed by atoms with E-state index in [9.17, 15) is 9.59 Å². The summed E-state index contributed by atoms with van der Waals surface area (Å²) in [5.41, 5.74) is 0.0616. The van der Waals surface area contributed by atoms with Crippen molar-refractivity contribution in [3.63, 3.8) is 0 Å². The minimum Gasteiger partial charge on any atom is -0.297 e. The Labute approximate surface area is 111 Å². The lowest BCUT2D eigenvalue weighted by atomic mass is 10.0. The molecule has 1 aromatic rings. The van der Waals surface area contributed by atoms with Gasteiger partial charge in [0.15, 0.2) is 0 Å². The van der Waals surface area contributed by atoms with Crippen LogP contribution in [-0.2, 0) is 13.0 Å². The fourth-order valence-electron chi connectivity index (χ4n) is 2.57. The molecule has 1 aliphatic carbocycles. The van der Waals surface area contributed by atoms with Gasteiger partial charge in [0.05, 0.1) is 5.56 Å². The van der Waals surface area contributed by atoms with Gasteiger partial charge in [0.2, 0.25) is 0 Å². The van der Waals surface area contributed by atoms with E-state index in [1.165, 1.54) is 4.57 Å². The van der Waals surface area contributed by atoms with E-state index in [0.29, 0.717) is 18.5 Å². The van der Waals surface area contributed by atoms with Crippen LogP contribution in [0, 0.1) is 5.41 Å². The fraction of sp³-hybridized carbons (Fsp3) is 0.692. The molecule has 0 bridgehead atoms. The second-order valence-electron chi connectivity index (χ2n) is 5.22. The van der Waals surface area contributed by atoms with Crippen LogP contribution in [0.3, 0.4) is 0 Å². The zero-order valence-corrected chi connectivity index (χ0v) is 11.6. The van der Waals surface area contributed by atoms with Gasteiger partial charge in [-0.1, -0.05) is 31.9 Å². The predicted molar refractivity (Wildman–Crippen MR) is 72.3 cm³/mol. The topological polar surface area (TPSA) is 54.9 Å². The van der Waals surface area contributed by atoms with Crippen LogP contribution in [0.4, 0.5) is 0 Å². The molecule has 2 rings (SSSR count). The third-order valence-corrected chi connectivity index (χ3v) is 4.14. The average molecular weight is 271 g/mol. The first-order valence-corrected chi connectivity index (χ1v) is 6.92. The molecule has 0 aromatic carbocycles. The van der Waals surface area contributed by atoms with E-state index < -0.39 is 0 Å². The molecule has 1 fully saturated rings. The van der Waals surface area contributed by atoms with E-state index in [2.05, 4.69) is 11.9 Å². The molecule has 4 nitrogen and oxygen atoms in total. The largest absolute Gasteiger partial charge is 0.329 e. The highest BCUT2D eigenvalue weighted by molar-refractivity contribution is 6.30. The summed E-state index contributed by atoms with van der Waals surface area (Å²) in [6.07, 6.45) is 4.91. The Morgan fingerprint density at radius 1 is 1.33 bits per heavy atom. The van der Waals surface area contributed by atoms with Crippen LogP contribution in [0.1, 0.15) is 45.1 Å². The maximum atomic E-state index is 12.2. The smallest absolute Gasteiger partial charge is 0.297 e. The van der Waals surface area contributed by atoms with E-state index >= 15 is 0 Å². The molecule has 1 saturated carbocycles. The molecule has 1 aromatic heterocycles. The number of hydrogen-bond donors (Lipinski definition) is 1. The average Bonchev–Trinajstić information content (AvgIpc) is 3.05. The van der Waals surface area contributed by atoms with Gasteiger partial charge in [-0.15, -0.1) is 0 Å². The summed E-state index contributed by atoms with van der Waals surface area (Å²) < 4.78 is 1.33. The van der Waals surface area contributed by atoms with Gasteiger partial charge in [-0.3, -0.25) is 14.3 Å². The number of halogens is 1. The summed E-state index contributed by atoms with van der Waals surface area (Å²) in [5, 5.41) is 0.184. The first kappa shape index (κ1) is 13.4. The van der Waals surface area contributed by atoms with Crippen molar-refractivity contribution >= 4 is 11.6 Å². The van der Waals surface area contributed by atoms with Crippen LogP contribution in [0.2, 0.25) is 5.15 Å². The molecule has 0 atom stereocenters. The Morgan fingerprint density at radius 2 is 2.00 bits per heavy atom. The summed E-state index contributed by atoms with van der Waals surface area (Å²) in [6, 6.07) is 0. The van der Waals surface area contributed by atoms with Gasteiger partial charge in [-0.25, -0.2) is 4.79 Å². The number of aromatic amines is 1. The first-order chi connectivity index (χ1) is 8.53. The third-order valence-electron chi connectivity index (χ3n) is 3.81. The van der Waals surface area contributed by atoms with E-state index in [0.717, 1.165) is 25.7 Å². The molecule has 5 heteroatoms. The van der Waals surface area contributed by atoms with Gasteiger partial charge >= 0.3 is 5.69 Å². The van der Waals surface area contributed by atoms with Crippen molar-refractivity contribution in [1.29, 1.82) is 0 Å². The predicted octanol–water partition coefficient (Wildman–Crippen LogP) is 2.33. The minimum atomic E-state index is -0.385. The molecule has 100 valence electrons. The molecule has 0 amide bonds. The second-order valence-corrected chi connectivity index (χ2v) is 5.60. The third kappa shape index (κ3) is 2.39. The number of nitrogens with one attached hydrogen (secondary N) is 1. The highest BCUT2D eigenvalue weighted by atomic mass is 35.5. The highest BCUT2D eigenvalue weighted by Crippen LogP contribution is 2.50. The Kier molecular flexibility index (Phi) is 3.66. The number of hydrogen-bond acceptors (Lipinski definition) is 2. The number of nitrogens with zero attached hydrogens (tertiary/aromatic N) is 1. The second kappa shape index (κ2) is 4.92. The van der Waals surface area contributed by atoms with Gasteiger partial charge in [0, 0.05) is 6.54 Å². The summed E-state index contributed by atoms with van der Waals surface area (Å²) in [6.45, 7) is 4.52. The van der Waals surface area contributed by atoms with Crippen LogP contribution in [0.25, 0.3) is 0 Å². The van der Waals surface area contributed by atoms with Gasteiger partial charge in [-0.2, -0.15) is 0 Å². The molecular formula is C13H19ClN2O2. The van der Waals surface area contributed by atoms with Gasteiger partial charge in [0.1, 0.15) is 5.15 Å². The maximum absolute atomic E-state index is 12.2. The molecule has 0 unspecified atom stereocenters. The lowest BCUT2D eigenvalue weighted by Crippen LogP contribution is -2.39. The Morgan fingerprint density at radius 3 is 2.50 bits per heavy atom. The number of aromatic nitrogens is 2. The fourth-order valence-corrected chi connectivity index (χ4v) is 2.86. The van der Waals surface area contributed by atoms with E-state index in [1.807, 2.05) is 6.92 Å². The van der Waals surface area contributed by atoms with Crippen LogP contribution in [-0.4, -0.2) is 9.55 Å². The SMILES string of the molecule is CCCC1(Cn2c(=O)[nH]c(Cl)c(CC)c2=O)CC1. The van der Waals surface area contributed by atoms with Crippen molar-refractivity contribution in [2.24, 2.45) is 5.41 Å². The Hall–Kier alpha value is -1.03. The maximum Gasteiger partial charge on any atom is 0.329 e. The lowest BCUT2D eigenvalue weighted by molar-refractivity contribution is 0.372. The molecule has 1 N–H and O–H groups in total. The Bertz CT molecular complexity index is 555. The number of rotatable bonds is 5. The molecule has 1 aliphatic rings. The zero-order chi connectivity index (χ0) is 13.3. The molecule has 18 heavy (non-hydrogen) atoms. The quantitative estimate of drug-likeness (QED) is 0.835. The molecule has 0 saturated heterocycles. The van der Waals surface area contributed by atoms with E-state index in [4.69, 9.17) is 11.6 Å². The van der Waals surface area contributed by atoms with Gasteiger partial charge in [-0.05, 0) is 31.1 Å². The summed E-state index contributed by atoms with van der Waals surface area (Å²) in [4.78, 5) is 26.6. The normalized spacial score (nSPS) is 16.8. The van der Waals surface area contributed by atoms with Crippen LogP contribution in [0.15, 0.2) is 9.59 Å². The van der Waals surface area contributed by atoms with Crippen molar-refractivity contribution in [2.45, 2.75) is 52.5 Å². The van der Waals surface area contributed by atoms with Crippen LogP contribution in [0.5, 0.6) is 0 Å². The first-order valence-electron chi connectivity index (χ1n) is 6.54. The number of H-pyrrole nitrogens is 1. The molecule has 0 spiro atoms. The molecule has 0 radical (unpaired) electrons. The molecule has 1 heterocycles. The summed E-state index contributed by atoms with van der Waals surface area (Å²) >= 11 is 5.89. The van der Waals surface area contributed by atoms with Crippen LogP contribution < -0.4 is 11.2 Å². The lowest BCUT2D eigenvalue weighted by Gasteiger charge is -2.15. The molecule has 0 aliphatic heterocycles. The van der Waals surface area contributed by atoms with Gasteiger partial charge < -0.3 is 0 Å². The van der Waals surface area contributed by atoms with Crippen molar-refractivity contribution < 1.29 is 0 Å². The highest BCUT2D eigenvalue weighted by Gasteiger charge is 2.42. The van der Waals surface area contributed by atoms with Crippen molar-refractivity contribution in [3.05, 3.63) is 31.6 Å². The summed E-state index contributed by atoms with van der Waals surface area (Å²) in [5.74, 6) is 0.